The van der Waals surface area contributed by atoms with Crippen molar-refractivity contribution in [2.45, 2.75) is 12.5 Å². The van der Waals surface area contributed by atoms with Crippen molar-refractivity contribution >= 4 is 36.3 Å². The van der Waals surface area contributed by atoms with Gasteiger partial charge in [-0.3, -0.25) is 0 Å². The number of amides is 1. The number of carbonyl (C=O) groups is 1. The van der Waals surface area contributed by atoms with Crippen LogP contribution in [-0.4, -0.2) is 23.6 Å². The van der Waals surface area contributed by atoms with Crippen LogP contribution < -0.4 is 11.1 Å². The topological polar surface area (TPSA) is 84.6 Å². The third kappa shape index (κ3) is 4.10. The number of hydrogen-bond acceptors (Lipinski definition) is 5. The maximum atomic E-state index is 12.7. The van der Waals surface area contributed by atoms with Gasteiger partial charge in [0.2, 0.25) is 0 Å². The van der Waals surface area contributed by atoms with Crippen molar-refractivity contribution in [3.05, 3.63) is 71.1 Å². The molecule has 1 aliphatic heterocycles. The molecule has 5 nitrogen and oxygen atoms in total. The summed E-state index contributed by atoms with van der Waals surface area (Å²) in [4.78, 5) is 23.9. The van der Waals surface area contributed by atoms with Gasteiger partial charge in [0.05, 0.1) is 0 Å². The Hall–Kier alpha value is -2.24. The Kier molecular flexibility index (Phi) is 5.21. The van der Waals surface area contributed by atoms with Gasteiger partial charge in [0, 0.05) is 0 Å². The molecule has 1 aliphatic rings. The molecule has 146 valence electrons. The first-order valence-electron chi connectivity index (χ1n) is 9.16. The van der Waals surface area contributed by atoms with E-state index in [1.165, 1.54) is 0 Å². The summed E-state index contributed by atoms with van der Waals surface area (Å²) in [6.45, 7) is 1.81. The fourth-order valence-electron chi connectivity index (χ4n) is 3.36. The molecule has 1 atom stereocenters. The number of rotatable bonds is 4. The zero-order chi connectivity index (χ0) is 19.7. The van der Waals surface area contributed by atoms with Crippen LogP contribution >= 0.6 is 19.1 Å². The first-order valence-corrected chi connectivity index (χ1v) is 12.6. The summed E-state index contributed by atoms with van der Waals surface area (Å²) >= 11 is 1.64. The summed E-state index contributed by atoms with van der Waals surface area (Å²) in [5.41, 5.74) is 9.73. The molecule has 7 heteroatoms. The van der Waals surface area contributed by atoms with Crippen molar-refractivity contribution in [1.82, 2.24) is 0 Å². The predicted octanol–water partition coefficient (Wildman–Crippen LogP) is 4.91. The summed E-state index contributed by atoms with van der Waals surface area (Å²) in [6, 6.07) is 17.0. The van der Waals surface area contributed by atoms with Gasteiger partial charge in [-0.25, -0.2) is 0 Å². The van der Waals surface area contributed by atoms with Gasteiger partial charge < -0.3 is 0 Å². The van der Waals surface area contributed by atoms with E-state index in [0.29, 0.717) is 16.9 Å². The van der Waals surface area contributed by atoms with Crippen molar-refractivity contribution in [3.63, 3.8) is 0 Å². The van der Waals surface area contributed by atoms with Gasteiger partial charge in [-0.05, 0) is 11.4 Å². The average molecular weight is 414 g/mol. The van der Waals surface area contributed by atoms with Crippen LogP contribution in [0.2, 0.25) is 0 Å². The molecule has 2 heterocycles. The first-order chi connectivity index (χ1) is 13.4. The maximum absolute atomic E-state index is 12.7. The molecular formula is C21H23N2O3PS. The van der Waals surface area contributed by atoms with Crippen molar-refractivity contribution in [2.75, 3.05) is 23.9 Å². The number of nitrogens with one attached hydrogen (secondary N) is 1. The molecule has 2 aromatic carbocycles. The van der Waals surface area contributed by atoms with Gasteiger partial charge in [-0.2, -0.15) is 0 Å². The number of hydrogen-bond donors (Lipinski definition) is 3. The van der Waals surface area contributed by atoms with E-state index in [-0.39, 0.29) is 12.0 Å². The first kappa shape index (κ1) is 19.1. The summed E-state index contributed by atoms with van der Waals surface area (Å²) in [6.07, 6.45) is 1.47. The summed E-state index contributed by atoms with van der Waals surface area (Å²) in [5.74, 6) is -0.213. The summed E-state index contributed by atoms with van der Waals surface area (Å²) in [5, 5.41) is 4.92. The molecule has 4 rings (SSSR count). The number of benzene rings is 2. The quantitative estimate of drug-likeness (QED) is 0.418. The van der Waals surface area contributed by atoms with Crippen LogP contribution in [0.15, 0.2) is 60.0 Å². The Morgan fingerprint density at radius 3 is 2.68 bits per heavy atom. The molecule has 0 spiro atoms. The van der Waals surface area contributed by atoms with Crippen LogP contribution in [0.4, 0.5) is 11.4 Å². The van der Waals surface area contributed by atoms with Crippen molar-refractivity contribution < 1.29 is 14.2 Å². The molecule has 0 aliphatic carbocycles. The second kappa shape index (κ2) is 7.64. The zero-order valence-electron chi connectivity index (χ0n) is 15.5. The monoisotopic (exact) mass is 414 g/mol. The Labute approximate surface area is 168 Å². The molecule has 1 saturated heterocycles. The zero-order valence-corrected chi connectivity index (χ0v) is 17.3. The van der Waals surface area contributed by atoms with Gasteiger partial charge in [0.25, 0.3) is 0 Å². The molecule has 28 heavy (non-hydrogen) atoms. The van der Waals surface area contributed by atoms with Gasteiger partial charge in [-0.1, -0.05) is 6.07 Å². The van der Waals surface area contributed by atoms with E-state index in [4.69, 9.17) is 10.3 Å². The van der Waals surface area contributed by atoms with Crippen LogP contribution in [0.1, 0.15) is 28.4 Å². The Balaban J connectivity index is 1.49. The number of nitrogens with two attached hydrogens (primary N) is 1. The standard InChI is InChI=1S/C21H23N2O3PS/c1-27(25)11-10-19(26-27)14-4-6-15(7-5-14)21(24)23-18-13-16(8-9-17(18)22)20-3-2-12-28-20/h2-9,12-13,19,25,27H,10-11,22H2,1H3,(H,23,24). The van der Waals surface area contributed by atoms with Crippen LogP contribution in [0.3, 0.4) is 0 Å². The number of anilines is 2. The number of carbonyl (C=O) groups excluding carboxylic acids is 1. The van der Waals surface area contributed by atoms with Gasteiger partial charge in [-0.15, -0.1) is 11.3 Å². The third-order valence-corrected chi connectivity index (χ3v) is 7.85. The van der Waals surface area contributed by atoms with E-state index >= 15 is 0 Å². The molecule has 0 radical (unpaired) electrons. The molecule has 3 aromatic rings. The fraction of sp³-hybridized carbons (Fsp3) is 0.190. The van der Waals surface area contributed by atoms with E-state index in [0.717, 1.165) is 28.6 Å². The second-order valence-corrected chi connectivity index (χ2v) is 11.2. The summed E-state index contributed by atoms with van der Waals surface area (Å²) < 4.78 is 5.77. The van der Waals surface area contributed by atoms with Gasteiger partial charge >= 0.3 is 140 Å². The molecule has 1 aromatic heterocycles. The third-order valence-electron chi connectivity index (χ3n) is 4.92. The van der Waals surface area contributed by atoms with Gasteiger partial charge in [0.15, 0.2) is 0 Å². The number of nitrogen functional groups attached to an aromatic ring is 1. The molecule has 0 bridgehead atoms. The minimum atomic E-state index is -2.50. The normalized spacial score (nSPS) is 19.3. The van der Waals surface area contributed by atoms with Crippen LogP contribution in [0.25, 0.3) is 10.4 Å². The second-order valence-electron chi connectivity index (χ2n) is 7.18. The summed E-state index contributed by atoms with van der Waals surface area (Å²) in [7, 11) is -2.50. The van der Waals surface area contributed by atoms with Crippen molar-refractivity contribution in [1.29, 1.82) is 0 Å². The minimum absolute atomic E-state index is 0.0862. The van der Waals surface area contributed by atoms with E-state index < -0.39 is 7.72 Å². The van der Waals surface area contributed by atoms with E-state index in [1.807, 2.05) is 48.4 Å². The van der Waals surface area contributed by atoms with E-state index in [1.54, 1.807) is 29.5 Å². The van der Waals surface area contributed by atoms with E-state index in [9.17, 15) is 9.69 Å². The van der Waals surface area contributed by atoms with Crippen molar-refractivity contribution in [3.8, 4) is 10.4 Å². The van der Waals surface area contributed by atoms with Crippen LogP contribution in [0, 0.1) is 0 Å². The average Bonchev–Trinajstić information content (AvgIpc) is 3.33. The SMILES string of the molecule is C[PH]1(O)CCC(c2ccc(C(=O)Nc3cc(-c4cccs4)ccc3N)cc2)O1. The Bertz CT molecular complexity index is 987. The Morgan fingerprint density at radius 1 is 1.25 bits per heavy atom. The van der Waals surface area contributed by atoms with Crippen LogP contribution in [-0.2, 0) is 4.52 Å². The molecule has 0 saturated carbocycles. The number of thiophene rings is 1. The fourth-order valence-corrected chi connectivity index (χ4v) is 5.87. The molecule has 1 fully saturated rings. The molecule has 1 amide bonds. The molecule has 4 N–H and O–H groups in total. The van der Waals surface area contributed by atoms with Gasteiger partial charge in [0.1, 0.15) is 0 Å². The molecular weight excluding hydrogens is 391 g/mol. The van der Waals surface area contributed by atoms with E-state index in [2.05, 4.69) is 5.32 Å². The molecule has 1 unspecified atom stereocenters. The van der Waals surface area contributed by atoms with Crippen molar-refractivity contribution in [2.24, 2.45) is 0 Å². The predicted molar refractivity (Wildman–Crippen MR) is 118 cm³/mol. The Morgan fingerprint density at radius 2 is 2.04 bits per heavy atom. The van der Waals surface area contributed by atoms with Crippen LogP contribution in [0.5, 0.6) is 0 Å².